The summed E-state index contributed by atoms with van der Waals surface area (Å²) in [7, 11) is 0. The molecule has 1 saturated carbocycles. The molecule has 1 N–H and O–H groups in total. The lowest BCUT2D eigenvalue weighted by Gasteiger charge is -2.28. The molecular weight excluding hydrogens is 282 g/mol. The summed E-state index contributed by atoms with van der Waals surface area (Å²) in [5.74, 6) is 2.12. The van der Waals surface area contributed by atoms with Gasteiger partial charge in [-0.1, -0.05) is 39.3 Å². The van der Waals surface area contributed by atoms with Gasteiger partial charge in [0.05, 0.1) is 5.02 Å². The maximum atomic E-state index is 6.49. The molecule has 1 aliphatic carbocycles. The SMILES string of the molecule is CC(C)CN(CC(C)C)c1ncc(CNC2CC2)cc1Cl. The van der Waals surface area contributed by atoms with E-state index in [4.69, 9.17) is 11.6 Å². The van der Waals surface area contributed by atoms with E-state index in [-0.39, 0.29) is 0 Å². The van der Waals surface area contributed by atoms with Crippen molar-refractivity contribution in [1.82, 2.24) is 10.3 Å². The molecule has 0 radical (unpaired) electrons. The largest absolute Gasteiger partial charge is 0.355 e. The molecule has 21 heavy (non-hydrogen) atoms. The Morgan fingerprint density at radius 1 is 1.24 bits per heavy atom. The lowest BCUT2D eigenvalue weighted by molar-refractivity contribution is 0.548. The van der Waals surface area contributed by atoms with Gasteiger partial charge in [-0.25, -0.2) is 4.98 Å². The van der Waals surface area contributed by atoms with Crippen LogP contribution in [0.4, 0.5) is 5.82 Å². The van der Waals surface area contributed by atoms with Crippen molar-refractivity contribution in [3.05, 3.63) is 22.8 Å². The number of nitrogens with zero attached hydrogens (tertiary/aromatic N) is 2. The van der Waals surface area contributed by atoms with Crippen molar-refractivity contribution >= 4 is 17.4 Å². The van der Waals surface area contributed by atoms with Crippen LogP contribution >= 0.6 is 11.6 Å². The standard InChI is InChI=1S/C17H28ClN3/c1-12(2)10-21(11-13(3)4)17-16(18)7-14(9-20-17)8-19-15-5-6-15/h7,9,12-13,15,19H,5-6,8,10-11H2,1-4H3. The zero-order valence-electron chi connectivity index (χ0n) is 13.7. The molecule has 0 aromatic carbocycles. The summed E-state index contributed by atoms with van der Waals surface area (Å²) in [5.41, 5.74) is 1.17. The first-order valence-corrected chi connectivity index (χ1v) is 8.46. The lowest BCUT2D eigenvalue weighted by Crippen LogP contribution is -2.32. The lowest BCUT2D eigenvalue weighted by atomic mass is 10.1. The van der Waals surface area contributed by atoms with Crippen molar-refractivity contribution in [2.75, 3.05) is 18.0 Å². The maximum Gasteiger partial charge on any atom is 0.147 e. The highest BCUT2D eigenvalue weighted by molar-refractivity contribution is 6.33. The highest BCUT2D eigenvalue weighted by Crippen LogP contribution is 2.26. The molecule has 0 unspecified atom stereocenters. The molecule has 0 spiro atoms. The molecule has 0 saturated heterocycles. The number of hydrogen-bond donors (Lipinski definition) is 1. The summed E-state index contributed by atoms with van der Waals surface area (Å²) in [6, 6.07) is 2.77. The van der Waals surface area contributed by atoms with Gasteiger partial charge < -0.3 is 10.2 Å². The molecule has 0 bridgehead atoms. The van der Waals surface area contributed by atoms with Gasteiger partial charge >= 0.3 is 0 Å². The van der Waals surface area contributed by atoms with Gasteiger partial charge in [-0.3, -0.25) is 0 Å². The summed E-state index contributed by atoms with van der Waals surface area (Å²) in [4.78, 5) is 6.95. The molecule has 118 valence electrons. The quantitative estimate of drug-likeness (QED) is 0.783. The van der Waals surface area contributed by atoms with Gasteiger partial charge in [0, 0.05) is 31.9 Å². The normalized spacial score (nSPS) is 15.0. The topological polar surface area (TPSA) is 28.2 Å². The van der Waals surface area contributed by atoms with E-state index < -0.39 is 0 Å². The van der Waals surface area contributed by atoms with Gasteiger partial charge in [-0.15, -0.1) is 0 Å². The average molecular weight is 310 g/mol. The van der Waals surface area contributed by atoms with Crippen LogP contribution in [0.5, 0.6) is 0 Å². The predicted octanol–water partition coefficient (Wildman–Crippen LogP) is 4.11. The van der Waals surface area contributed by atoms with E-state index in [0.717, 1.165) is 30.5 Å². The molecule has 0 aliphatic heterocycles. The summed E-state index contributed by atoms with van der Waals surface area (Å²) in [5, 5.41) is 4.27. The second kappa shape index (κ2) is 7.46. The minimum absolute atomic E-state index is 0.595. The van der Waals surface area contributed by atoms with Crippen molar-refractivity contribution in [2.45, 2.75) is 53.1 Å². The molecule has 0 amide bonds. The highest BCUT2D eigenvalue weighted by Gasteiger charge is 2.20. The molecule has 4 heteroatoms. The number of hydrogen-bond acceptors (Lipinski definition) is 3. The van der Waals surface area contributed by atoms with Crippen LogP contribution in [0.25, 0.3) is 0 Å². The van der Waals surface area contributed by atoms with Crippen LogP contribution in [-0.2, 0) is 6.54 Å². The summed E-state index contributed by atoms with van der Waals surface area (Å²) in [6.07, 6.45) is 4.57. The fourth-order valence-electron chi connectivity index (χ4n) is 2.48. The first-order chi connectivity index (χ1) is 9.95. The molecule has 3 nitrogen and oxygen atoms in total. The maximum absolute atomic E-state index is 6.49. The minimum atomic E-state index is 0.595. The molecule has 1 aromatic rings. The van der Waals surface area contributed by atoms with E-state index in [1.807, 2.05) is 6.20 Å². The predicted molar refractivity (Wildman–Crippen MR) is 91.0 cm³/mol. The molecule has 1 aromatic heterocycles. The van der Waals surface area contributed by atoms with Crippen molar-refractivity contribution in [3.63, 3.8) is 0 Å². The van der Waals surface area contributed by atoms with Gasteiger partial charge in [-0.2, -0.15) is 0 Å². The molecule has 1 heterocycles. The number of pyridine rings is 1. The first-order valence-electron chi connectivity index (χ1n) is 8.08. The van der Waals surface area contributed by atoms with Gasteiger partial charge in [0.2, 0.25) is 0 Å². The van der Waals surface area contributed by atoms with E-state index in [1.165, 1.54) is 18.4 Å². The minimum Gasteiger partial charge on any atom is -0.355 e. The van der Waals surface area contributed by atoms with Crippen LogP contribution in [-0.4, -0.2) is 24.1 Å². The summed E-state index contributed by atoms with van der Waals surface area (Å²) < 4.78 is 0. The van der Waals surface area contributed by atoms with Crippen LogP contribution in [0.3, 0.4) is 0 Å². The van der Waals surface area contributed by atoms with Crippen LogP contribution in [0.1, 0.15) is 46.1 Å². The van der Waals surface area contributed by atoms with E-state index >= 15 is 0 Å². The van der Waals surface area contributed by atoms with Crippen molar-refractivity contribution in [2.24, 2.45) is 11.8 Å². The van der Waals surface area contributed by atoms with Crippen LogP contribution in [0.15, 0.2) is 12.3 Å². The zero-order valence-corrected chi connectivity index (χ0v) is 14.5. The fraction of sp³-hybridized carbons (Fsp3) is 0.706. The fourth-order valence-corrected chi connectivity index (χ4v) is 2.79. The number of aromatic nitrogens is 1. The van der Waals surface area contributed by atoms with Crippen molar-refractivity contribution in [3.8, 4) is 0 Å². The average Bonchev–Trinajstić information content (AvgIpc) is 3.18. The molecular formula is C17H28ClN3. The third-order valence-corrected chi connectivity index (χ3v) is 3.80. The van der Waals surface area contributed by atoms with E-state index in [9.17, 15) is 0 Å². The van der Waals surface area contributed by atoms with Gasteiger partial charge in [0.1, 0.15) is 5.82 Å². The Bertz CT molecular complexity index is 445. The summed E-state index contributed by atoms with van der Waals surface area (Å²) >= 11 is 6.49. The molecule has 0 atom stereocenters. The molecule has 1 aliphatic rings. The smallest absolute Gasteiger partial charge is 0.147 e. The van der Waals surface area contributed by atoms with Gasteiger partial charge in [0.25, 0.3) is 0 Å². The number of nitrogens with one attached hydrogen (secondary N) is 1. The first kappa shape index (κ1) is 16.6. The Morgan fingerprint density at radius 3 is 2.33 bits per heavy atom. The Labute approximate surface area is 134 Å². The van der Waals surface area contributed by atoms with E-state index in [2.05, 4.69) is 49.0 Å². The van der Waals surface area contributed by atoms with Crippen molar-refractivity contribution in [1.29, 1.82) is 0 Å². The number of anilines is 1. The Kier molecular flexibility index (Phi) is 5.88. The number of halogens is 1. The Hall–Kier alpha value is -0.800. The summed E-state index contributed by atoms with van der Waals surface area (Å²) in [6.45, 7) is 11.8. The monoisotopic (exact) mass is 309 g/mol. The van der Waals surface area contributed by atoms with Crippen LogP contribution in [0.2, 0.25) is 5.02 Å². The van der Waals surface area contributed by atoms with Crippen LogP contribution < -0.4 is 10.2 Å². The number of rotatable bonds is 8. The zero-order chi connectivity index (χ0) is 15.4. The van der Waals surface area contributed by atoms with Crippen molar-refractivity contribution < 1.29 is 0 Å². The van der Waals surface area contributed by atoms with E-state index in [0.29, 0.717) is 17.9 Å². The van der Waals surface area contributed by atoms with Gasteiger partial charge in [0.15, 0.2) is 0 Å². The van der Waals surface area contributed by atoms with Gasteiger partial charge in [-0.05, 0) is 36.3 Å². The van der Waals surface area contributed by atoms with E-state index in [1.54, 1.807) is 0 Å². The Balaban J connectivity index is 2.07. The molecule has 1 fully saturated rings. The second-order valence-electron chi connectivity index (χ2n) is 7.00. The third-order valence-electron chi connectivity index (χ3n) is 3.52. The Morgan fingerprint density at radius 2 is 1.86 bits per heavy atom. The third kappa shape index (κ3) is 5.48. The van der Waals surface area contributed by atoms with Crippen LogP contribution in [0, 0.1) is 11.8 Å². The highest BCUT2D eigenvalue weighted by atomic mass is 35.5. The second-order valence-corrected chi connectivity index (χ2v) is 7.40. The molecule has 2 rings (SSSR count).